The third kappa shape index (κ3) is 1.76. The van der Waals surface area contributed by atoms with Gasteiger partial charge in [-0.1, -0.05) is 32.0 Å². The Balaban J connectivity index is 2.04. The first kappa shape index (κ1) is 15.7. The van der Waals surface area contributed by atoms with Crippen molar-refractivity contribution in [3.05, 3.63) is 29.8 Å². The Kier molecular flexibility index (Phi) is 3.19. The predicted octanol–water partition coefficient (Wildman–Crippen LogP) is 2.83. The van der Waals surface area contributed by atoms with E-state index in [2.05, 4.69) is 5.32 Å². The van der Waals surface area contributed by atoms with E-state index in [1.54, 1.807) is 13.0 Å². The average molecular weight is 315 g/mol. The fourth-order valence-corrected chi connectivity index (χ4v) is 3.96. The summed E-state index contributed by atoms with van der Waals surface area (Å²) in [6.07, 6.45) is 0.782. The van der Waals surface area contributed by atoms with Gasteiger partial charge in [-0.25, -0.2) is 0 Å². The molecule has 5 nitrogen and oxygen atoms in total. The SMILES string of the molecule is Cc1ccccc1NC(=O)C12CCC(C)(C(=O)OC1=O)C2(C)C. The number of hydrogen-bond acceptors (Lipinski definition) is 4. The predicted molar refractivity (Wildman–Crippen MR) is 84.5 cm³/mol. The first-order chi connectivity index (χ1) is 10.7. The van der Waals surface area contributed by atoms with Crippen LogP contribution in [0, 0.1) is 23.2 Å². The number of nitrogens with one attached hydrogen (secondary N) is 1. The van der Waals surface area contributed by atoms with Crippen LogP contribution in [-0.4, -0.2) is 17.8 Å². The maximum Gasteiger partial charge on any atom is 0.329 e. The summed E-state index contributed by atoms with van der Waals surface area (Å²) >= 11 is 0. The molecule has 23 heavy (non-hydrogen) atoms. The van der Waals surface area contributed by atoms with Crippen LogP contribution in [0.5, 0.6) is 0 Å². The molecule has 2 bridgehead atoms. The number of ether oxygens (including phenoxy) is 1. The minimum atomic E-state index is -1.34. The highest BCUT2D eigenvalue weighted by atomic mass is 16.6. The molecule has 1 N–H and O–H groups in total. The van der Waals surface area contributed by atoms with E-state index in [0.29, 0.717) is 18.5 Å². The van der Waals surface area contributed by atoms with E-state index in [0.717, 1.165) is 5.56 Å². The molecule has 1 aliphatic carbocycles. The molecule has 1 saturated heterocycles. The molecule has 1 heterocycles. The smallest absolute Gasteiger partial charge is 0.329 e. The number of hydrogen-bond donors (Lipinski definition) is 1. The number of benzene rings is 1. The fraction of sp³-hybridized carbons (Fsp3) is 0.500. The second kappa shape index (κ2) is 4.66. The van der Waals surface area contributed by atoms with Crippen molar-refractivity contribution in [1.29, 1.82) is 0 Å². The van der Waals surface area contributed by atoms with Gasteiger partial charge >= 0.3 is 11.9 Å². The molecule has 1 aromatic carbocycles. The molecule has 0 aromatic heterocycles. The van der Waals surface area contributed by atoms with E-state index in [1.807, 2.05) is 39.0 Å². The third-order valence-electron chi connectivity index (χ3n) is 6.21. The maximum absolute atomic E-state index is 13.1. The Bertz CT molecular complexity index is 723. The highest BCUT2D eigenvalue weighted by molar-refractivity contribution is 6.15. The van der Waals surface area contributed by atoms with Crippen LogP contribution in [0.4, 0.5) is 5.69 Å². The van der Waals surface area contributed by atoms with Gasteiger partial charge in [-0.05, 0) is 38.3 Å². The van der Waals surface area contributed by atoms with Crippen LogP contribution in [0.15, 0.2) is 24.3 Å². The van der Waals surface area contributed by atoms with E-state index < -0.39 is 34.1 Å². The Morgan fingerprint density at radius 2 is 1.74 bits per heavy atom. The van der Waals surface area contributed by atoms with Crippen molar-refractivity contribution in [2.45, 2.75) is 40.5 Å². The molecule has 2 unspecified atom stereocenters. The van der Waals surface area contributed by atoms with Crippen molar-refractivity contribution in [1.82, 2.24) is 0 Å². The molecule has 1 aliphatic heterocycles. The van der Waals surface area contributed by atoms with Gasteiger partial charge in [0.05, 0.1) is 5.41 Å². The highest BCUT2D eigenvalue weighted by Gasteiger charge is 2.75. The van der Waals surface area contributed by atoms with Gasteiger partial charge < -0.3 is 10.1 Å². The maximum atomic E-state index is 13.1. The van der Waals surface area contributed by atoms with E-state index in [1.165, 1.54) is 0 Å². The number of esters is 2. The van der Waals surface area contributed by atoms with Gasteiger partial charge in [0.25, 0.3) is 0 Å². The van der Waals surface area contributed by atoms with Crippen LogP contribution in [0.25, 0.3) is 0 Å². The van der Waals surface area contributed by atoms with Crippen molar-refractivity contribution < 1.29 is 19.1 Å². The van der Waals surface area contributed by atoms with Gasteiger partial charge in [0.2, 0.25) is 5.91 Å². The van der Waals surface area contributed by atoms with E-state index >= 15 is 0 Å². The summed E-state index contributed by atoms with van der Waals surface area (Å²) < 4.78 is 4.97. The van der Waals surface area contributed by atoms with Crippen LogP contribution < -0.4 is 5.32 Å². The van der Waals surface area contributed by atoms with Crippen LogP contribution in [0.2, 0.25) is 0 Å². The molecule has 2 atom stereocenters. The lowest BCUT2D eigenvalue weighted by atomic mass is 9.57. The quantitative estimate of drug-likeness (QED) is 0.673. The number of aryl methyl sites for hydroxylation is 1. The molecule has 2 fully saturated rings. The number of anilines is 1. The van der Waals surface area contributed by atoms with Gasteiger partial charge in [0, 0.05) is 11.1 Å². The van der Waals surface area contributed by atoms with Gasteiger partial charge in [0.1, 0.15) is 0 Å². The van der Waals surface area contributed by atoms with Gasteiger partial charge in [-0.15, -0.1) is 0 Å². The second-order valence-corrected chi connectivity index (χ2v) is 7.31. The van der Waals surface area contributed by atoms with Crippen molar-refractivity contribution >= 4 is 23.5 Å². The van der Waals surface area contributed by atoms with Crippen LogP contribution in [0.3, 0.4) is 0 Å². The van der Waals surface area contributed by atoms with Crippen molar-refractivity contribution in [3.8, 4) is 0 Å². The third-order valence-corrected chi connectivity index (χ3v) is 6.21. The highest BCUT2D eigenvalue weighted by Crippen LogP contribution is 2.66. The zero-order chi connectivity index (χ0) is 17.0. The summed E-state index contributed by atoms with van der Waals surface area (Å²) in [5.41, 5.74) is -1.39. The van der Waals surface area contributed by atoms with Crippen LogP contribution in [-0.2, 0) is 19.1 Å². The molecule has 5 heteroatoms. The minimum absolute atomic E-state index is 0.318. The van der Waals surface area contributed by atoms with Gasteiger partial charge in [0.15, 0.2) is 5.41 Å². The zero-order valence-corrected chi connectivity index (χ0v) is 13.9. The molecule has 0 radical (unpaired) electrons. The molecule has 2 aliphatic rings. The Morgan fingerprint density at radius 3 is 2.39 bits per heavy atom. The lowest BCUT2D eigenvalue weighted by Crippen LogP contribution is -2.61. The van der Waals surface area contributed by atoms with Gasteiger partial charge in [-0.2, -0.15) is 0 Å². The summed E-state index contributed by atoms with van der Waals surface area (Å²) in [6, 6.07) is 7.39. The van der Waals surface area contributed by atoms with Crippen molar-refractivity contribution in [2.75, 3.05) is 5.32 Å². The lowest BCUT2D eigenvalue weighted by molar-refractivity contribution is -0.195. The molecule has 3 rings (SSSR count). The first-order valence-corrected chi connectivity index (χ1v) is 7.81. The summed E-state index contributed by atoms with van der Waals surface area (Å²) in [5.74, 6) is -1.64. The minimum Gasteiger partial charge on any atom is -0.392 e. The summed E-state index contributed by atoms with van der Waals surface area (Å²) in [7, 11) is 0. The Hall–Kier alpha value is -2.17. The largest absolute Gasteiger partial charge is 0.392 e. The molecular weight excluding hydrogens is 294 g/mol. The molecular formula is C18H21NO4. The normalized spacial score (nSPS) is 31.7. The van der Waals surface area contributed by atoms with Gasteiger partial charge in [-0.3, -0.25) is 14.4 Å². The van der Waals surface area contributed by atoms with E-state index in [4.69, 9.17) is 4.74 Å². The number of fused-ring (bicyclic) bond motifs is 2. The molecule has 1 aromatic rings. The Labute approximate surface area is 135 Å². The topological polar surface area (TPSA) is 72.5 Å². The monoisotopic (exact) mass is 315 g/mol. The van der Waals surface area contributed by atoms with Crippen molar-refractivity contribution in [2.24, 2.45) is 16.2 Å². The first-order valence-electron chi connectivity index (χ1n) is 7.81. The standard InChI is InChI=1S/C18H21NO4/c1-11-7-5-6-8-12(11)19-13(20)18-10-9-17(4,16(18,2)3)14(21)23-15(18)22/h5-8H,9-10H2,1-4H3,(H,19,20). The number of amides is 1. The number of carbonyl (C=O) groups is 3. The van der Waals surface area contributed by atoms with E-state index in [-0.39, 0.29) is 0 Å². The van der Waals surface area contributed by atoms with E-state index in [9.17, 15) is 14.4 Å². The van der Waals surface area contributed by atoms with Crippen LogP contribution >= 0.6 is 0 Å². The second-order valence-electron chi connectivity index (χ2n) is 7.31. The molecule has 1 saturated carbocycles. The zero-order valence-electron chi connectivity index (χ0n) is 13.9. The summed E-state index contributed by atoms with van der Waals surface area (Å²) in [4.78, 5) is 37.8. The molecule has 122 valence electrons. The Morgan fingerprint density at radius 1 is 1.09 bits per heavy atom. The lowest BCUT2D eigenvalue weighted by Gasteiger charge is -2.48. The number of para-hydroxylation sites is 1. The number of carbonyl (C=O) groups excluding carboxylic acids is 3. The number of cyclic esters (lactones) is 2. The van der Waals surface area contributed by atoms with Crippen LogP contribution in [0.1, 0.15) is 39.2 Å². The average Bonchev–Trinajstić information content (AvgIpc) is 2.63. The fourth-order valence-electron chi connectivity index (χ4n) is 3.96. The summed E-state index contributed by atoms with van der Waals surface area (Å²) in [5, 5.41) is 2.87. The number of rotatable bonds is 2. The molecule has 0 spiro atoms. The molecule has 1 amide bonds. The van der Waals surface area contributed by atoms with Crippen molar-refractivity contribution in [3.63, 3.8) is 0 Å². The summed E-state index contributed by atoms with van der Waals surface area (Å²) in [6.45, 7) is 7.30.